The van der Waals surface area contributed by atoms with Crippen molar-refractivity contribution in [3.05, 3.63) is 59.9 Å². The molecule has 106 valence electrons. The third kappa shape index (κ3) is 4.99. The molecule has 0 atom stereocenters. The summed E-state index contributed by atoms with van der Waals surface area (Å²) in [4.78, 5) is 4.09. The monoisotopic (exact) mass is 272 g/mol. The largest absolute Gasteiger partial charge is 0.491 e. The molecule has 1 aromatic heterocycles. The van der Waals surface area contributed by atoms with Crippen molar-refractivity contribution < 1.29 is 9.47 Å². The molecule has 4 nitrogen and oxygen atoms in total. The Labute approximate surface area is 119 Å². The molecule has 0 aliphatic carbocycles. The van der Waals surface area contributed by atoms with Crippen molar-refractivity contribution in [2.24, 2.45) is 0 Å². The lowest BCUT2D eigenvalue weighted by molar-refractivity contribution is 0.146. The third-order valence-corrected chi connectivity index (χ3v) is 2.84. The Balaban J connectivity index is 1.79. The minimum absolute atomic E-state index is 0.572. The highest BCUT2D eigenvalue weighted by molar-refractivity contribution is 5.28. The van der Waals surface area contributed by atoms with E-state index in [1.54, 1.807) is 13.3 Å². The van der Waals surface area contributed by atoms with Crippen LogP contribution >= 0.6 is 0 Å². The first kappa shape index (κ1) is 14.5. The fraction of sp³-hybridized carbons (Fsp3) is 0.312. The Kier molecular flexibility index (Phi) is 6.02. The van der Waals surface area contributed by atoms with Gasteiger partial charge in [0, 0.05) is 32.6 Å². The number of nitrogens with one attached hydrogen (secondary N) is 1. The van der Waals surface area contributed by atoms with Gasteiger partial charge in [0.15, 0.2) is 0 Å². The maximum Gasteiger partial charge on any atom is 0.119 e. The minimum atomic E-state index is 0.572. The van der Waals surface area contributed by atoms with E-state index in [-0.39, 0.29) is 0 Å². The smallest absolute Gasteiger partial charge is 0.119 e. The van der Waals surface area contributed by atoms with E-state index in [2.05, 4.69) is 22.4 Å². The molecule has 1 aromatic carbocycles. The summed E-state index contributed by atoms with van der Waals surface area (Å²) in [5, 5.41) is 3.39. The van der Waals surface area contributed by atoms with Gasteiger partial charge < -0.3 is 14.8 Å². The number of ether oxygens (including phenoxy) is 2. The van der Waals surface area contributed by atoms with Crippen LogP contribution in [0.15, 0.2) is 48.8 Å². The van der Waals surface area contributed by atoms with E-state index >= 15 is 0 Å². The normalized spacial score (nSPS) is 10.4. The minimum Gasteiger partial charge on any atom is -0.491 e. The topological polar surface area (TPSA) is 43.4 Å². The van der Waals surface area contributed by atoms with E-state index < -0.39 is 0 Å². The number of methoxy groups -OCH3 is 1. The van der Waals surface area contributed by atoms with Gasteiger partial charge in [-0.05, 0) is 29.3 Å². The lowest BCUT2D eigenvalue weighted by atomic mass is 10.2. The van der Waals surface area contributed by atoms with Crippen molar-refractivity contribution in [2.45, 2.75) is 13.1 Å². The van der Waals surface area contributed by atoms with Crippen LogP contribution in [0.3, 0.4) is 0 Å². The van der Waals surface area contributed by atoms with Gasteiger partial charge >= 0.3 is 0 Å². The fourth-order valence-corrected chi connectivity index (χ4v) is 1.84. The number of benzene rings is 1. The highest BCUT2D eigenvalue weighted by Gasteiger charge is 1.98. The second kappa shape index (κ2) is 8.30. The maximum atomic E-state index is 5.59. The number of hydrogen-bond acceptors (Lipinski definition) is 4. The van der Waals surface area contributed by atoms with Crippen molar-refractivity contribution in [3.63, 3.8) is 0 Å². The number of pyridine rings is 1. The van der Waals surface area contributed by atoms with Gasteiger partial charge in [0.05, 0.1) is 6.61 Å². The van der Waals surface area contributed by atoms with Crippen molar-refractivity contribution in [1.82, 2.24) is 10.3 Å². The summed E-state index contributed by atoms with van der Waals surface area (Å²) in [5.41, 5.74) is 2.38. The molecule has 2 rings (SSSR count). The second-order valence-corrected chi connectivity index (χ2v) is 4.45. The SMILES string of the molecule is COCCOc1cccc(CNCc2cccnc2)c1. The number of aromatic nitrogens is 1. The molecule has 0 amide bonds. The summed E-state index contributed by atoms with van der Waals surface area (Å²) in [6.45, 7) is 2.78. The summed E-state index contributed by atoms with van der Waals surface area (Å²) in [7, 11) is 1.67. The molecule has 0 bridgehead atoms. The predicted octanol–water partition coefficient (Wildman–Crippen LogP) is 2.40. The van der Waals surface area contributed by atoms with Crippen LogP contribution in [0.2, 0.25) is 0 Å². The molecule has 1 N–H and O–H groups in total. The van der Waals surface area contributed by atoms with Crippen LogP contribution < -0.4 is 10.1 Å². The Morgan fingerprint density at radius 1 is 1.05 bits per heavy atom. The second-order valence-electron chi connectivity index (χ2n) is 4.45. The molecule has 0 spiro atoms. The highest BCUT2D eigenvalue weighted by atomic mass is 16.5. The van der Waals surface area contributed by atoms with Gasteiger partial charge in [0.2, 0.25) is 0 Å². The number of nitrogens with zero attached hydrogens (tertiary/aromatic N) is 1. The van der Waals surface area contributed by atoms with Crippen LogP contribution in [-0.2, 0) is 17.8 Å². The van der Waals surface area contributed by atoms with Crippen molar-refractivity contribution in [3.8, 4) is 5.75 Å². The van der Waals surface area contributed by atoms with E-state index in [1.165, 1.54) is 11.1 Å². The Bertz CT molecular complexity index is 503. The van der Waals surface area contributed by atoms with Crippen LogP contribution in [0.4, 0.5) is 0 Å². The molecule has 0 saturated carbocycles. The van der Waals surface area contributed by atoms with Crippen LogP contribution in [0.25, 0.3) is 0 Å². The Hall–Kier alpha value is -1.91. The molecule has 2 aromatic rings. The summed E-state index contributed by atoms with van der Waals surface area (Å²) < 4.78 is 10.6. The molecular formula is C16H20N2O2. The average Bonchev–Trinajstić information content (AvgIpc) is 2.49. The lowest BCUT2D eigenvalue weighted by Crippen LogP contribution is -2.13. The Morgan fingerprint density at radius 2 is 1.90 bits per heavy atom. The average molecular weight is 272 g/mol. The van der Waals surface area contributed by atoms with Crippen LogP contribution in [0, 0.1) is 0 Å². The van der Waals surface area contributed by atoms with Gasteiger partial charge in [-0.25, -0.2) is 0 Å². The van der Waals surface area contributed by atoms with E-state index in [0.717, 1.165) is 18.8 Å². The van der Waals surface area contributed by atoms with Crippen LogP contribution in [0.5, 0.6) is 5.75 Å². The highest BCUT2D eigenvalue weighted by Crippen LogP contribution is 2.13. The summed E-state index contributed by atoms with van der Waals surface area (Å²) >= 11 is 0. The first-order valence-electron chi connectivity index (χ1n) is 6.69. The molecule has 0 saturated heterocycles. The van der Waals surface area contributed by atoms with Gasteiger partial charge in [-0.2, -0.15) is 0 Å². The molecule has 0 aliphatic rings. The summed E-state index contributed by atoms with van der Waals surface area (Å²) in [6.07, 6.45) is 3.65. The number of hydrogen-bond donors (Lipinski definition) is 1. The molecule has 0 unspecified atom stereocenters. The van der Waals surface area contributed by atoms with Crippen molar-refractivity contribution in [1.29, 1.82) is 0 Å². The van der Waals surface area contributed by atoms with E-state index in [9.17, 15) is 0 Å². The zero-order chi connectivity index (χ0) is 14.0. The lowest BCUT2D eigenvalue weighted by Gasteiger charge is -2.08. The third-order valence-electron chi connectivity index (χ3n) is 2.84. The van der Waals surface area contributed by atoms with Gasteiger partial charge in [-0.3, -0.25) is 4.98 Å². The van der Waals surface area contributed by atoms with Gasteiger partial charge in [-0.1, -0.05) is 18.2 Å². The number of rotatable bonds is 8. The standard InChI is InChI=1S/C16H20N2O2/c1-19-8-9-20-16-6-2-4-14(10-16)11-18-13-15-5-3-7-17-12-15/h2-7,10,12,18H,8-9,11,13H2,1H3. The molecular weight excluding hydrogens is 252 g/mol. The summed E-state index contributed by atoms with van der Waals surface area (Å²) in [5.74, 6) is 0.878. The Morgan fingerprint density at radius 3 is 2.70 bits per heavy atom. The molecule has 20 heavy (non-hydrogen) atoms. The zero-order valence-electron chi connectivity index (χ0n) is 11.7. The van der Waals surface area contributed by atoms with Crippen LogP contribution in [0.1, 0.15) is 11.1 Å². The first-order chi connectivity index (χ1) is 9.88. The molecule has 0 fully saturated rings. The molecule has 4 heteroatoms. The van der Waals surface area contributed by atoms with Crippen LogP contribution in [-0.4, -0.2) is 25.3 Å². The van der Waals surface area contributed by atoms with Gasteiger partial charge in [-0.15, -0.1) is 0 Å². The first-order valence-corrected chi connectivity index (χ1v) is 6.69. The van der Waals surface area contributed by atoms with E-state index in [1.807, 2.05) is 30.5 Å². The van der Waals surface area contributed by atoms with Crippen molar-refractivity contribution >= 4 is 0 Å². The van der Waals surface area contributed by atoms with E-state index in [4.69, 9.17) is 9.47 Å². The molecule has 1 heterocycles. The molecule has 0 radical (unpaired) electrons. The molecule has 0 aliphatic heterocycles. The maximum absolute atomic E-state index is 5.59. The fourth-order valence-electron chi connectivity index (χ4n) is 1.84. The predicted molar refractivity (Wildman–Crippen MR) is 78.6 cm³/mol. The van der Waals surface area contributed by atoms with Gasteiger partial charge in [0.1, 0.15) is 12.4 Å². The van der Waals surface area contributed by atoms with Gasteiger partial charge in [0.25, 0.3) is 0 Å². The zero-order valence-corrected chi connectivity index (χ0v) is 11.7. The summed E-state index contributed by atoms with van der Waals surface area (Å²) in [6, 6.07) is 12.1. The quantitative estimate of drug-likeness (QED) is 0.749. The van der Waals surface area contributed by atoms with Crippen molar-refractivity contribution in [2.75, 3.05) is 20.3 Å². The van der Waals surface area contributed by atoms with E-state index in [0.29, 0.717) is 13.2 Å².